The van der Waals surface area contributed by atoms with Crippen molar-refractivity contribution < 1.29 is 4.79 Å². The van der Waals surface area contributed by atoms with E-state index in [0.717, 1.165) is 44.3 Å². The fourth-order valence-electron chi connectivity index (χ4n) is 2.87. The number of nitrogens with zero attached hydrogens (tertiary/aromatic N) is 3. The van der Waals surface area contributed by atoms with Crippen LogP contribution in [-0.4, -0.2) is 40.0 Å². The van der Waals surface area contributed by atoms with Crippen molar-refractivity contribution in [3.8, 4) is 11.4 Å². The van der Waals surface area contributed by atoms with E-state index in [4.69, 9.17) is 0 Å². The Labute approximate surface area is 142 Å². The maximum absolute atomic E-state index is 12.3. The average Bonchev–Trinajstić information content (AvgIpc) is 2.63. The van der Waals surface area contributed by atoms with Gasteiger partial charge in [0.2, 0.25) is 0 Å². The molecule has 1 aliphatic heterocycles. The zero-order valence-corrected chi connectivity index (χ0v) is 14.0. The molecular weight excluding hydrogens is 302 g/mol. The predicted octanol–water partition coefficient (Wildman–Crippen LogP) is 1.97. The van der Waals surface area contributed by atoms with E-state index in [1.807, 2.05) is 6.20 Å². The third-order valence-electron chi connectivity index (χ3n) is 4.14. The normalized spacial score (nSPS) is 17.5. The third-order valence-corrected chi connectivity index (χ3v) is 4.14. The summed E-state index contributed by atoms with van der Waals surface area (Å²) in [5.74, 6) is 0.476. The van der Waals surface area contributed by atoms with Crippen LogP contribution in [0.1, 0.15) is 42.1 Å². The number of aromatic nitrogens is 3. The monoisotopic (exact) mass is 325 g/mol. The molecule has 2 N–H and O–H groups in total. The van der Waals surface area contributed by atoms with Crippen molar-refractivity contribution in [2.45, 2.75) is 38.6 Å². The predicted molar refractivity (Wildman–Crippen MR) is 92.6 cm³/mol. The summed E-state index contributed by atoms with van der Waals surface area (Å²) in [5, 5.41) is 6.31. The van der Waals surface area contributed by atoms with Gasteiger partial charge in [-0.1, -0.05) is 13.3 Å². The van der Waals surface area contributed by atoms with Crippen LogP contribution in [0.5, 0.6) is 0 Å². The van der Waals surface area contributed by atoms with E-state index >= 15 is 0 Å². The van der Waals surface area contributed by atoms with Gasteiger partial charge >= 0.3 is 0 Å². The second-order valence-corrected chi connectivity index (χ2v) is 6.14. The topological polar surface area (TPSA) is 79.8 Å². The molecule has 1 amide bonds. The molecule has 0 aliphatic carbocycles. The molecule has 1 atom stereocenters. The fraction of sp³-hybridized carbons (Fsp3) is 0.444. The maximum atomic E-state index is 12.3. The van der Waals surface area contributed by atoms with E-state index in [0.29, 0.717) is 11.4 Å². The van der Waals surface area contributed by atoms with E-state index in [1.165, 1.54) is 5.56 Å². The zero-order valence-electron chi connectivity index (χ0n) is 14.0. The van der Waals surface area contributed by atoms with Crippen molar-refractivity contribution >= 4 is 5.91 Å². The van der Waals surface area contributed by atoms with Gasteiger partial charge in [-0.2, -0.15) is 0 Å². The Morgan fingerprint density at radius 1 is 1.29 bits per heavy atom. The van der Waals surface area contributed by atoms with Gasteiger partial charge in [0, 0.05) is 42.9 Å². The number of nitrogens with one attached hydrogen (secondary N) is 2. The molecule has 0 spiro atoms. The Morgan fingerprint density at radius 3 is 2.83 bits per heavy atom. The molecule has 0 aromatic carbocycles. The first-order valence-electron chi connectivity index (χ1n) is 8.54. The van der Waals surface area contributed by atoms with E-state index in [-0.39, 0.29) is 11.9 Å². The highest BCUT2D eigenvalue weighted by atomic mass is 16.1. The van der Waals surface area contributed by atoms with Crippen LogP contribution in [0.4, 0.5) is 0 Å². The summed E-state index contributed by atoms with van der Waals surface area (Å²) in [6, 6.07) is 2.24. The highest BCUT2D eigenvalue weighted by molar-refractivity contribution is 5.93. The maximum Gasteiger partial charge on any atom is 0.254 e. The smallest absolute Gasteiger partial charge is 0.254 e. The molecule has 3 rings (SSSR count). The molecule has 1 fully saturated rings. The lowest BCUT2D eigenvalue weighted by atomic mass is 10.1. The molecule has 6 heteroatoms. The number of carbonyl (C=O) groups excluding carboxylic acids is 1. The second kappa shape index (κ2) is 7.97. The lowest BCUT2D eigenvalue weighted by Crippen LogP contribution is -2.45. The molecule has 1 unspecified atom stereocenters. The summed E-state index contributed by atoms with van der Waals surface area (Å²) in [7, 11) is 0. The van der Waals surface area contributed by atoms with E-state index in [2.05, 4.69) is 38.6 Å². The fourth-order valence-corrected chi connectivity index (χ4v) is 2.87. The molecule has 3 heterocycles. The summed E-state index contributed by atoms with van der Waals surface area (Å²) >= 11 is 0. The number of rotatable bonds is 5. The van der Waals surface area contributed by atoms with Crippen LogP contribution in [0.25, 0.3) is 11.4 Å². The Kier molecular flexibility index (Phi) is 5.48. The van der Waals surface area contributed by atoms with Crippen molar-refractivity contribution in [3.63, 3.8) is 0 Å². The molecule has 1 saturated heterocycles. The van der Waals surface area contributed by atoms with Gasteiger partial charge in [-0.05, 0) is 37.4 Å². The highest BCUT2D eigenvalue weighted by Gasteiger charge is 2.17. The number of hydrogen-bond acceptors (Lipinski definition) is 5. The first kappa shape index (κ1) is 16.5. The van der Waals surface area contributed by atoms with Crippen LogP contribution < -0.4 is 10.6 Å². The molecule has 0 radical (unpaired) electrons. The van der Waals surface area contributed by atoms with Gasteiger partial charge in [0.05, 0.1) is 5.56 Å². The van der Waals surface area contributed by atoms with E-state index in [9.17, 15) is 4.79 Å². The number of amides is 1. The molecule has 2 aromatic heterocycles. The summed E-state index contributed by atoms with van der Waals surface area (Å²) in [4.78, 5) is 25.2. The number of piperidine rings is 1. The van der Waals surface area contributed by atoms with Gasteiger partial charge in [-0.3, -0.25) is 9.78 Å². The quantitative estimate of drug-likeness (QED) is 0.878. The average molecular weight is 325 g/mol. The minimum absolute atomic E-state index is 0.117. The van der Waals surface area contributed by atoms with Crippen LogP contribution in [0.15, 0.2) is 30.9 Å². The summed E-state index contributed by atoms with van der Waals surface area (Å²) in [6.45, 7) is 3.98. The number of hydrogen-bond donors (Lipinski definition) is 2. The minimum atomic E-state index is -0.117. The molecule has 0 saturated carbocycles. The first-order valence-corrected chi connectivity index (χ1v) is 8.54. The van der Waals surface area contributed by atoms with E-state index in [1.54, 1.807) is 18.6 Å². The molecule has 1 aliphatic rings. The van der Waals surface area contributed by atoms with Gasteiger partial charge in [0.25, 0.3) is 5.91 Å². The SMILES string of the molecule is CCCc1cncc(-c2ncc(C(=O)NC3CCCNC3)cn2)c1. The second-order valence-electron chi connectivity index (χ2n) is 6.14. The van der Waals surface area contributed by atoms with Gasteiger partial charge in [-0.25, -0.2) is 9.97 Å². The number of carbonyl (C=O) groups is 1. The van der Waals surface area contributed by atoms with Crippen molar-refractivity contribution in [2.75, 3.05) is 13.1 Å². The summed E-state index contributed by atoms with van der Waals surface area (Å²) in [5.41, 5.74) is 2.54. The third kappa shape index (κ3) is 4.14. The van der Waals surface area contributed by atoms with Gasteiger partial charge in [-0.15, -0.1) is 0 Å². The molecular formula is C18H23N5O. The molecule has 0 bridgehead atoms. The van der Waals surface area contributed by atoms with Crippen molar-refractivity contribution in [1.82, 2.24) is 25.6 Å². The number of pyridine rings is 1. The Hall–Kier alpha value is -2.34. The van der Waals surface area contributed by atoms with Gasteiger partial charge < -0.3 is 10.6 Å². The highest BCUT2D eigenvalue weighted by Crippen LogP contribution is 2.16. The molecule has 24 heavy (non-hydrogen) atoms. The number of aryl methyl sites for hydroxylation is 1. The Morgan fingerprint density at radius 2 is 2.12 bits per heavy atom. The van der Waals surface area contributed by atoms with Crippen LogP contribution in [0, 0.1) is 0 Å². The van der Waals surface area contributed by atoms with Crippen LogP contribution in [-0.2, 0) is 6.42 Å². The molecule has 2 aromatic rings. The minimum Gasteiger partial charge on any atom is -0.348 e. The first-order chi connectivity index (χ1) is 11.8. The molecule has 6 nitrogen and oxygen atoms in total. The largest absolute Gasteiger partial charge is 0.348 e. The van der Waals surface area contributed by atoms with Gasteiger partial charge in [0.15, 0.2) is 5.82 Å². The van der Waals surface area contributed by atoms with Crippen LogP contribution in [0.2, 0.25) is 0 Å². The summed E-state index contributed by atoms with van der Waals surface area (Å²) < 4.78 is 0. The van der Waals surface area contributed by atoms with Gasteiger partial charge in [0.1, 0.15) is 0 Å². The van der Waals surface area contributed by atoms with Crippen molar-refractivity contribution in [3.05, 3.63) is 42.0 Å². The Bertz CT molecular complexity index is 680. The molecule has 126 valence electrons. The van der Waals surface area contributed by atoms with Crippen molar-refractivity contribution in [1.29, 1.82) is 0 Å². The van der Waals surface area contributed by atoms with Crippen LogP contribution in [0.3, 0.4) is 0 Å². The van der Waals surface area contributed by atoms with Crippen molar-refractivity contribution in [2.24, 2.45) is 0 Å². The summed E-state index contributed by atoms with van der Waals surface area (Å²) in [6.07, 6.45) is 10.9. The lowest BCUT2D eigenvalue weighted by Gasteiger charge is -2.23. The van der Waals surface area contributed by atoms with E-state index < -0.39 is 0 Å². The zero-order chi connectivity index (χ0) is 16.8. The lowest BCUT2D eigenvalue weighted by molar-refractivity contribution is 0.0930. The Balaban J connectivity index is 1.68. The standard InChI is InChI=1S/C18H23N5O/c1-2-4-13-7-14(9-20-8-13)17-21-10-15(11-22-17)18(24)23-16-5-3-6-19-12-16/h7-11,16,19H,2-6,12H2,1H3,(H,23,24). The van der Waals surface area contributed by atoms with Crippen LogP contribution >= 0.6 is 0 Å².